The number of benzene rings is 3. The van der Waals surface area contributed by atoms with Gasteiger partial charge in [-0.25, -0.2) is 4.98 Å². The number of hydrogen-bond donors (Lipinski definition) is 0. The number of halogens is 1. The third kappa shape index (κ3) is 3.97. The Bertz CT molecular complexity index is 1420. The van der Waals surface area contributed by atoms with Crippen LogP contribution in [0.4, 0.5) is 0 Å². The van der Waals surface area contributed by atoms with Gasteiger partial charge >= 0.3 is 0 Å². The minimum absolute atomic E-state index is 0.147. The zero-order chi connectivity index (χ0) is 21.2. The van der Waals surface area contributed by atoms with Crippen LogP contribution >= 0.6 is 23.4 Å². The zero-order valence-electron chi connectivity index (χ0n) is 16.1. The summed E-state index contributed by atoms with van der Waals surface area (Å²) in [7, 11) is 0. The van der Waals surface area contributed by atoms with E-state index in [2.05, 4.69) is 10.2 Å². The Labute approximate surface area is 186 Å². The van der Waals surface area contributed by atoms with Crippen LogP contribution in [-0.4, -0.2) is 19.7 Å². The van der Waals surface area contributed by atoms with Crippen LogP contribution in [0.5, 0.6) is 0 Å². The van der Waals surface area contributed by atoms with Crippen molar-refractivity contribution in [2.75, 3.05) is 0 Å². The number of aromatic nitrogens is 4. The minimum Gasteiger partial charge on any atom is -0.420 e. The Morgan fingerprint density at radius 3 is 2.45 bits per heavy atom. The maximum atomic E-state index is 13.3. The first-order valence-electron chi connectivity index (χ1n) is 9.47. The minimum atomic E-state index is -0.147. The molecule has 0 saturated heterocycles. The zero-order valence-corrected chi connectivity index (χ0v) is 17.7. The molecule has 152 valence electrons. The van der Waals surface area contributed by atoms with Crippen molar-refractivity contribution in [2.45, 2.75) is 10.9 Å². The van der Waals surface area contributed by atoms with Crippen molar-refractivity contribution in [3.05, 3.63) is 100 Å². The molecule has 0 aliphatic heterocycles. The van der Waals surface area contributed by atoms with Gasteiger partial charge in [0.15, 0.2) is 5.16 Å². The van der Waals surface area contributed by atoms with Crippen LogP contribution in [0, 0.1) is 0 Å². The van der Waals surface area contributed by atoms with E-state index in [1.807, 2.05) is 48.5 Å². The Hall–Kier alpha value is -3.42. The first-order valence-corrected chi connectivity index (χ1v) is 10.8. The van der Waals surface area contributed by atoms with E-state index in [0.29, 0.717) is 44.3 Å². The van der Waals surface area contributed by atoms with Gasteiger partial charge in [-0.1, -0.05) is 53.7 Å². The summed E-state index contributed by atoms with van der Waals surface area (Å²) < 4.78 is 7.38. The molecule has 2 heterocycles. The van der Waals surface area contributed by atoms with Crippen molar-refractivity contribution in [3.8, 4) is 17.1 Å². The van der Waals surface area contributed by atoms with Crippen LogP contribution in [0.3, 0.4) is 0 Å². The van der Waals surface area contributed by atoms with E-state index in [9.17, 15) is 4.79 Å². The smallest absolute Gasteiger partial charge is 0.266 e. The van der Waals surface area contributed by atoms with Crippen molar-refractivity contribution < 1.29 is 4.42 Å². The lowest BCUT2D eigenvalue weighted by Gasteiger charge is -2.12. The fourth-order valence-electron chi connectivity index (χ4n) is 3.16. The van der Waals surface area contributed by atoms with Gasteiger partial charge in [0.2, 0.25) is 11.8 Å². The molecule has 0 atom stereocenters. The van der Waals surface area contributed by atoms with Crippen molar-refractivity contribution in [3.63, 3.8) is 0 Å². The molecule has 5 aromatic rings. The SMILES string of the molecule is O=c1c2ccccc2nc(SCc2nnc(-c3ccccc3)o2)n1-c1ccc(Cl)cc1. The standard InChI is InChI=1S/C23H15ClN4O2S/c24-16-10-12-17(13-11-16)28-22(29)18-8-4-5-9-19(18)25-23(28)31-14-20-26-27-21(30-20)15-6-2-1-3-7-15/h1-13H,14H2. The average molecular weight is 447 g/mol. The van der Waals surface area contributed by atoms with Gasteiger partial charge in [-0.15, -0.1) is 10.2 Å². The molecule has 0 unspecified atom stereocenters. The molecule has 0 bridgehead atoms. The molecule has 0 spiro atoms. The monoisotopic (exact) mass is 446 g/mol. The summed E-state index contributed by atoms with van der Waals surface area (Å²) in [5.41, 5.74) is 2.03. The number of nitrogens with zero attached hydrogens (tertiary/aromatic N) is 4. The highest BCUT2D eigenvalue weighted by Gasteiger charge is 2.15. The Morgan fingerprint density at radius 2 is 1.65 bits per heavy atom. The molecule has 0 radical (unpaired) electrons. The summed E-state index contributed by atoms with van der Waals surface area (Å²) >= 11 is 7.39. The van der Waals surface area contributed by atoms with Gasteiger partial charge < -0.3 is 4.42 Å². The molecule has 31 heavy (non-hydrogen) atoms. The first kappa shape index (κ1) is 19.5. The second-order valence-corrected chi connectivity index (χ2v) is 8.06. The number of fused-ring (bicyclic) bond motifs is 1. The molecule has 8 heteroatoms. The highest BCUT2D eigenvalue weighted by atomic mass is 35.5. The third-order valence-corrected chi connectivity index (χ3v) is 5.82. The Morgan fingerprint density at radius 1 is 0.903 bits per heavy atom. The molecule has 2 aromatic heterocycles. The van der Waals surface area contributed by atoms with Gasteiger partial charge in [-0.05, 0) is 48.5 Å². The van der Waals surface area contributed by atoms with E-state index in [4.69, 9.17) is 21.0 Å². The van der Waals surface area contributed by atoms with Gasteiger partial charge in [0.05, 0.1) is 22.3 Å². The molecule has 0 aliphatic carbocycles. The summed E-state index contributed by atoms with van der Waals surface area (Å²) in [6, 6.07) is 24.0. The van der Waals surface area contributed by atoms with E-state index in [0.717, 1.165) is 5.56 Å². The number of para-hydroxylation sites is 1. The fraction of sp³-hybridized carbons (Fsp3) is 0.0435. The molecular weight excluding hydrogens is 432 g/mol. The average Bonchev–Trinajstić information content (AvgIpc) is 3.28. The number of thioether (sulfide) groups is 1. The molecule has 0 amide bonds. The quantitative estimate of drug-likeness (QED) is 0.266. The third-order valence-electron chi connectivity index (χ3n) is 4.64. The van der Waals surface area contributed by atoms with Crippen LogP contribution in [0.15, 0.2) is 93.2 Å². The molecule has 3 aromatic carbocycles. The van der Waals surface area contributed by atoms with Crippen LogP contribution in [0.2, 0.25) is 5.02 Å². The van der Waals surface area contributed by atoms with Gasteiger partial charge in [0.25, 0.3) is 5.56 Å². The lowest BCUT2D eigenvalue weighted by atomic mass is 10.2. The van der Waals surface area contributed by atoms with Gasteiger partial charge in [-0.2, -0.15) is 0 Å². The molecule has 6 nitrogen and oxygen atoms in total. The highest BCUT2D eigenvalue weighted by molar-refractivity contribution is 7.98. The molecule has 0 fully saturated rings. The summed E-state index contributed by atoms with van der Waals surface area (Å²) in [4.78, 5) is 18.0. The lowest BCUT2D eigenvalue weighted by Crippen LogP contribution is -2.21. The predicted molar refractivity (Wildman–Crippen MR) is 122 cm³/mol. The molecule has 0 saturated carbocycles. The van der Waals surface area contributed by atoms with E-state index >= 15 is 0 Å². The van der Waals surface area contributed by atoms with E-state index in [1.165, 1.54) is 11.8 Å². The molecule has 5 rings (SSSR count). The van der Waals surface area contributed by atoms with Crippen molar-refractivity contribution in [1.82, 2.24) is 19.7 Å². The maximum Gasteiger partial charge on any atom is 0.266 e. The van der Waals surface area contributed by atoms with Gasteiger partial charge in [-0.3, -0.25) is 9.36 Å². The highest BCUT2D eigenvalue weighted by Crippen LogP contribution is 2.26. The first-order chi connectivity index (χ1) is 15.2. The summed E-state index contributed by atoms with van der Waals surface area (Å²) in [6.07, 6.45) is 0. The van der Waals surface area contributed by atoms with Crippen molar-refractivity contribution in [1.29, 1.82) is 0 Å². The lowest BCUT2D eigenvalue weighted by molar-refractivity contribution is 0.528. The number of rotatable bonds is 5. The van der Waals surface area contributed by atoms with E-state index in [1.54, 1.807) is 34.9 Å². The Balaban J connectivity index is 1.52. The number of hydrogen-bond acceptors (Lipinski definition) is 6. The summed E-state index contributed by atoms with van der Waals surface area (Å²) in [5, 5.41) is 9.94. The largest absolute Gasteiger partial charge is 0.420 e. The van der Waals surface area contributed by atoms with Crippen LogP contribution < -0.4 is 5.56 Å². The predicted octanol–water partition coefficient (Wildman–Crippen LogP) is 5.38. The van der Waals surface area contributed by atoms with Crippen molar-refractivity contribution in [2.24, 2.45) is 0 Å². The van der Waals surface area contributed by atoms with E-state index in [-0.39, 0.29) is 5.56 Å². The Kier molecular flexibility index (Phi) is 5.28. The van der Waals surface area contributed by atoms with Crippen molar-refractivity contribution >= 4 is 34.3 Å². The summed E-state index contributed by atoms with van der Waals surface area (Å²) in [6.45, 7) is 0. The molecule has 0 N–H and O–H groups in total. The summed E-state index contributed by atoms with van der Waals surface area (Å²) in [5.74, 6) is 1.28. The van der Waals surface area contributed by atoms with Gasteiger partial charge in [0.1, 0.15) is 0 Å². The van der Waals surface area contributed by atoms with E-state index < -0.39 is 0 Å². The second-order valence-electron chi connectivity index (χ2n) is 6.68. The maximum absolute atomic E-state index is 13.3. The van der Waals surface area contributed by atoms with Crippen LogP contribution in [-0.2, 0) is 5.75 Å². The van der Waals surface area contributed by atoms with Gasteiger partial charge in [0, 0.05) is 10.6 Å². The normalized spacial score (nSPS) is 11.1. The second kappa shape index (κ2) is 8.37. The topological polar surface area (TPSA) is 73.8 Å². The fourth-order valence-corrected chi connectivity index (χ4v) is 4.14. The van der Waals surface area contributed by atoms with Crippen LogP contribution in [0.1, 0.15) is 5.89 Å². The molecule has 0 aliphatic rings. The molecular formula is C23H15ClN4O2S. The van der Waals surface area contributed by atoms with Crippen LogP contribution in [0.25, 0.3) is 28.0 Å².